The molecule has 0 radical (unpaired) electrons. The number of hydrogen-bond donors (Lipinski definition) is 2. The normalized spacial score (nSPS) is 14.4. The van der Waals surface area contributed by atoms with Crippen molar-refractivity contribution in [2.45, 2.75) is 6.54 Å². The van der Waals surface area contributed by atoms with Crippen LogP contribution in [0.3, 0.4) is 0 Å². The maximum Gasteiger partial charge on any atom is 0.273 e. The van der Waals surface area contributed by atoms with E-state index in [9.17, 15) is 9.59 Å². The van der Waals surface area contributed by atoms with Gasteiger partial charge in [0.25, 0.3) is 5.91 Å². The van der Waals surface area contributed by atoms with Crippen LogP contribution in [0.2, 0.25) is 0 Å². The van der Waals surface area contributed by atoms with Gasteiger partial charge in [0, 0.05) is 31.9 Å². The number of piperazine rings is 1. The first-order valence-electron chi connectivity index (χ1n) is 10.2. The average molecular weight is 419 g/mol. The first-order valence-corrected chi connectivity index (χ1v) is 10.2. The van der Waals surface area contributed by atoms with E-state index in [4.69, 9.17) is 5.73 Å². The van der Waals surface area contributed by atoms with Gasteiger partial charge in [-0.2, -0.15) is 0 Å². The predicted octanol–water partition coefficient (Wildman–Crippen LogP) is 1.19. The molecule has 9 nitrogen and oxygen atoms in total. The zero-order chi connectivity index (χ0) is 21.6. The minimum atomic E-state index is -0.730. The Morgan fingerprint density at radius 2 is 1.58 bits per heavy atom. The van der Waals surface area contributed by atoms with Gasteiger partial charge in [-0.15, -0.1) is 5.10 Å². The lowest BCUT2D eigenvalue weighted by molar-refractivity contribution is -0.117. The van der Waals surface area contributed by atoms with E-state index in [1.165, 1.54) is 10.4 Å². The molecule has 2 aromatic carbocycles. The molecule has 1 aromatic heterocycles. The van der Waals surface area contributed by atoms with Gasteiger partial charge in [0.15, 0.2) is 11.5 Å². The molecule has 0 spiro atoms. The summed E-state index contributed by atoms with van der Waals surface area (Å²) in [6.07, 6.45) is 0. The van der Waals surface area contributed by atoms with E-state index in [0.717, 1.165) is 31.7 Å². The molecular formula is C22H25N7O2. The zero-order valence-corrected chi connectivity index (χ0v) is 17.1. The Bertz CT molecular complexity index is 1030. The predicted molar refractivity (Wildman–Crippen MR) is 118 cm³/mol. The summed E-state index contributed by atoms with van der Waals surface area (Å²) < 4.78 is 1.49. The number of nitrogens with one attached hydrogen (secondary N) is 1. The SMILES string of the molecule is NC(=O)c1nnn(Cc2ccccc2)c1NC(=O)CN1CCN(c2ccccc2)CC1. The second-order valence-corrected chi connectivity index (χ2v) is 7.44. The van der Waals surface area contributed by atoms with Crippen molar-refractivity contribution in [1.29, 1.82) is 0 Å². The van der Waals surface area contributed by atoms with Gasteiger partial charge in [-0.25, -0.2) is 4.68 Å². The third-order valence-electron chi connectivity index (χ3n) is 5.26. The fourth-order valence-corrected chi connectivity index (χ4v) is 3.65. The van der Waals surface area contributed by atoms with E-state index >= 15 is 0 Å². The number of rotatable bonds is 7. The lowest BCUT2D eigenvalue weighted by atomic mass is 10.2. The largest absolute Gasteiger partial charge is 0.369 e. The van der Waals surface area contributed by atoms with Crippen LogP contribution in [0.1, 0.15) is 16.1 Å². The first-order chi connectivity index (χ1) is 15.1. The fourth-order valence-electron chi connectivity index (χ4n) is 3.65. The molecule has 4 rings (SSSR count). The molecule has 0 bridgehead atoms. The molecule has 3 aromatic rings. The molecule has 1 aliphatic rings. The standard InChI is InChI=1S/C22H25N7O2/c23-21(31)20-22(29(26-25-20)15-17-7-3-1-4-8-17)24-19(30)16-27-11-13-28(14-12-27)18-9-5-2-6-10-18/h1-10H,11-16H2,(H2,23,31)(H,24,30). The van der Waals surface area contributed by atoms with Gasteiger partial charge in [0.05, 0.1) is 13.1 Å². The van der Waals surface area contributed by atoms with Gasteiger partial charge in [-0.1, -0.05) is 53.7 Å². The Balaban J connectivity index is 1.38. The Morgan fingerprint density at radius 3 is 2.23 bits per heavy atom. The second kappa shape index (κ2) is 9.40. The summed E-state index contributed by atoms with van der Waals surface area (Å²) in [5, 5.41) is 10.7. The summed E-state index contributed by atoms with van der Waals surface area (Å²) in [6, 6.07) is 19.8. The van der Waals surface area contributed by atoms with Crippen LogP contribution in [0.4, 0.5) is 11.5 Å². The van der Waals surface area contributed by atoms with Crippen LogP contribution < -0.4 is 16.0 Å². The number of carbonyl (C=O) groups excluding carboxylic acids is 2. The first kappa shape index (κ1) is 20.5. The highest BCUT2D eigenvalue weighted by Crippen LogP contribution is 2.17. The van der Waals surface area contributed by atoms with E-state index in [-0.39, 0.29) is 24.0 Å². The molecule has 0 unspecified atom stereocenters. The molecule has 1 aliphatic heterocycles. The third-order valence-corrected chi connectivity index (χ3v) is 5.26. The fraction of sp³-hybridized carbons (Fsp3) is 0.273. The van der Waals surface area contributed by atoms with Crippen LogP contribution in [-0.4, -0.2) is 64.4 Å². The lowest BCUT2D eigenvalue weighted by Gasteiger charge is -2.35. The maximum atomic E-state index is 12.7. The summed E-state index contributed by atoms with van der Waals surface area (Å²) in [7, 11) is 0. The summed E-state index contributed by atoms with van der Waals surface area (Å²) in [6.45, 7) is 3.82. The van der Waals surface area contributed by atoms with Crippen molar-refractivity contribution in [3.05, 3.63) is 71.9 Å². The summed E-state index contributed by atoms with van der Waals surface area (Å²) in [4.78, 5) is 28.9. The minimum absolute atomic E-state index is 0.0434. The third kappa shape index (κ3) is 5.07. The molecule has 31 heavy (non-hydrogen) atoms. The van der Waals surface area contributed by atoms with Gasteiger partial charge in [-0.05, 0) is 17.7 Å². The number of carbonyl (C=O) groups is 2. The molecule has 0 aliphatic carbocycles. The van der Waals surface area contributed by atoms with Crippen LogP contribution >= 0.6 is 0 Å². The van der Waals surface area contributed by atoms with Crippen molar-refractivity contribution in [2.24, 2.45) is 5.73 Å². The van der Waals surface area contributed by atoms with Crippen LogP contribution in [0.25, 0.3) is 0 Å². The van der Waals surface area contributed by atoms with Crippen molar-refractivity contribution in [2.75, 3.05) is 42.9 Å². The van der Waals surface area contributed by atoms with Crippen molar-refractivity contribution in [3.8, 4) is 0 Å². The van der Waals surface area contributed by atoms with E-state index in [1.54, 1.807) is 0 Å². The number of aromatic nitrogens is 3. The van der Waals surface area contributed by atoms with E-state index in [1.807, 2.05) is 48.5 Å². The topological polar surface area (TPSA) is 109 Å². The number of para-hydroxylation sites is 1. The molecule has 3 N–H and O–H groups in total. The van der Waals surface area contributed by atoms with Crippen molar-refractivity contribution in [3.63, 3.8) is 0 Å². The van der Waals surface area contributed by atoms with Gasteiger partial charge in [-0.3, -0.25) is 14.5 Å². The monoisotopic (exact) mass is 419 g/mol. The highest BCUT2D eigenvalue weighted by atomic mass is 16.2. The highest BCUT2D eigenvalue weighted by molar-refractivity contribution is 6.00. The summed E-state index contributed by atoms with van der Waals surface area (Å²) >= 11 is 0. The number of hydrogen-bond acceptors (Lipinski definition) is 6. The summed E-state index contributed by atoms with van der Waals surface area (Å²) in [5.74, 6) is -0.734. The Labute approximate surface area is 180 Å². The van der Waals surface area contributed by atoms with Crippen LogP contribution in [0.15, 0.2) is 60.7 Å². The van der Waals surface area contributed by atoms with E-state index in [0.29, 0.717) is 6.54 Å². The molecule has 1 fully saturated rings. The lowest BCUT2D eigenvalue weighted by Crippen LogP contribution is -2.48. The Hall–Kier alpha value is -3.72. The average Bonchev–Trinajstić information content (AvgIpc) is 3.18. The number of amides is 2. The Kier molecular flexibility index (Phi) is 6.23. The van der Waals surface area contributed by atoms with E-state index < -0.39 is 5.91 Å². The van der Waals surface area contributed by atoms with E-state index in [2.05, 4.69) is 37.6 Å². The van der Waals surface area contributed by atoms with Gasteiger partial charge in [0.1, 0.15) is 0 Å². The molecule has 9 heteroatoms. The molecule has 0 saturated carbocycles. The highest BCUT2D eigenvalue weighted by Gasteiger charge is 2.23. The number of anilines is 2. The van der Waals surface area contributed by atoms with Crippen LogP contribution in [0.5, 0.6) is 0 Å². The quantitative estimate of drug-likeness (QED) is 0.595. The number of primary amides is 1. The Morgan fingerprint density at radius 1 is 0.935 bits per heavy atom. The molecular weight excluding hydrogens is 394 g/mol. The van der Waals surface area contributed by atoms with Crippen molar-refractivity contribution in [1.82, 2.24) is 19.9 Å². The number of nitrogens with two attached hydrogens (primary N) is 1. The molecule has 1 saturated heterocycles. The molecule has 2 amide bonds. The van der Waals surface area contributed by atoms with Gasteiger partial charge >= 0.3 is 0 Å². The van der Waals surface area contributed by atoms with Crippen LogP contribution in [-0.2, 0) is 11.3 Å². The van der Waals surface area contributed by atoms with Crippen molar-refractivity contribution < 1.29 is 9.59 Å². The minimum Gasteiger partial charge on any atom is -0.369 e. The zero-order valence-electron chi connectivity index (χ0n) is 17.1. The van der Waals surface area contributed by atoms with Gasteiger partial charge < -0.3 is 16.0 Å². The summed E-state index contributed by atoms with van der Waals surface area (Å²) in [5.41, 5.74) is 7.54. The molecule has 0 atom stereocenters. The second-order valence-electron chi connectivity index (χ2n) is 7.44. The smallest absolute Gasteiger partial charge is 0.273 e. The van der Waals surface area contributed by atoms with Gasteiger partial charge in [0.2, 0.25) is 5.91 Å². The maximum absolute atomic E-state index is 12.7. The van der Waals surface area contributed by atoms with Crippen LogP contribution in [0, 0.1) is 0 Å². The molecule has 2 heterocycles. The number of benzene rings is 2. The molecule has 160 valence electrons. The van der Waals surface area contributed by atoms with Crippen molar-refractivity contribution >= 4 is 23.3 Å². The number of nitrogens with zero attached hydrogens (tertiary/aromatic N) is 5.